The first-order chi connectivity index (χ1) is 13.3. The Hall–Kier alpha value is -2.23. The normalized spacial score (nSPS) is 11.1. The average molecular weight is 416 g/mol. The fourth-order valence-corrected chi connectivity index (χ4v) is 4.99. The van der Waals surface area contributed by atoms with Crippen molar-refractivity contribution in [2.45, 2.75) is 25.0 Å². The number of carbonyl (C=O) groups is 1. The van der Waals surface area contributed by atoms with E-state index >= 15 is 0 Å². The maximum absolute atomic E-state index is 12.1. The predicted molar refractivity (Wildman–Crippen MR) is 113 cm³/mol. The second-order valence-corrected chi connectivity index (χ2v) is 8.53. The Morgan fingerprint density at radius 2 is 2.15 bits per heavy atom. The fraction of sp³-hybridized carbons (Fsp3) is 0.222. The Morgan fingerprint density at radius 3 is 2.96 bits per heavy atom. The first-order valence-electron chi connectivity index (χ1n) is 8.48. The van der Waals surface area contributed by atoms with Crippen LogP contribution in [0, 0.1) is 0 Å². The molecule has 0 fully saturated rings. The highest BCUT2D eigenvalue weighted by molar-refractivity contribution is 7.99. The quantitative estimate of drug-likeness (QED) is 0.441. The number of hydrogen-bond acceptors (Lipinski definition) is 7. The molecule has 9 heteroatoms. The first kappa shape index (κ1) is 18.1. The molecule has 1 aromatic carbocycles. The molecular formula is C18H17N5OS3. The lowest BCUT2D eigenvalue weighted by atomic mass is 10.1. The molecule has 0 saturated heterocycles. The van der Waals surface area contributed by atoms with E-state index in [1.807, 2.05) is 17.5 Å². The van der Waals surface area contributed by atoms with Gasteiger partial charge in [-0.2, -0.15) is 0 Å². The molecule has 0 aliphatic rings. The van der Waals surface area contributed by atoms with Gasteiger partial charge in [0.1, 0.15) is 0 Å². The molecule has 3 aromatic heterocycles. The van der Waals surface area contributed by atoms with Crippen LogP contribution in [0.15, 0.2) is 46.4 Å². The number of amides is 1. The number of thiophene rings is 1. The lowest BCUT2D eigenvalue weighted by Crippen LogP contribution is -2.14. The summed E-state index contributed by atoms with van der Waals surface area (Å²) in [6, 6.07) is 8.31. The number of anilines is 1. The Morgan fingerprint density at radius 1 is 1.26 bits per heavy atom. The van der Waals surface area contributed by atoms with Crippen LogP contribution in [0.4, 0.5) is 5.13 Å². The maximum atomic E-state index is 12.1. The third-order valence-electron chi connectivity index (χ3n) is 3.90. The zero-order valence-corrected chi connectivity index (χ0v) is 17.0. The van der Waals surface area contributed by atoms with E-state index in [2.05, 4.69) is 49.5 Å². The minimum absolute atomic E-state index is 0.0940. The van der Waals surface area contributed by atoms with Gasteiger partial charge >= 0.3 is 0 Å². The SMILES string of the molecule is CCCn1c(SCC(=O)Nc2nccs2)nnc1-c1csc2ccccc12. The van der Waals surface area contributed by atoms with Crippen molar-refractivity contribution in [2.75, 3.05) is 11.1 Å². The van der Waals surface area contributed by atoms with Gasteiger partial charge < -0.3 is 9.88 Å². The van der Waals surface area contributed by atoms with Crippen molar-refractivity contribution in [3.05, 3.63) is 41.2 Å². The molecule has 138 valence electrons. The molecule has 3 heterocycles. The summed E-state index contributed by atoms with van der Waals surface area (Å²) in [4.78, 5) is 16.2. The molecule has 0 aliphatic heterocycles. The van der Waals surface area contributed by atoms with Crippen LogP contribution < -0.4 is 5.32 Å². The van der Waals surface area contributed by atoms with E-state index in [-0.39, 0.29) is 11.7 Å². The smallest absolute Gasteiger partial charge is 0.236 e. The van der Waals surface area contributed by atoms with Gasteiger partial charge in [0.05, 0.1) is 5.75 Å². The minimum atomic E-state index is -0.0940. The van der Waals surface area contributed by atoms with Crippen LogP contribution in [0.2, 0.25) is 0 Å². The highest BCUT2D eigenvalue weighted by Gasteiger charge is 2.18. The molecule has 0 atom stereocenters. The highest BCUT2D eigenvalue weighted by atomic mass is 32.2. The van der Waals surface area contributed by atoms with Gasteiger partial charge in [-0.1, -0.05) is 36.9 Å². The van der Waals surface area contributed by atoms with Gasteiger partial charge in [0, 0.05) is 39.2 Å². The van der Waals surface area contributed by atoms with E-state index in [1.165, 1.54) is 33.2 Å². The number of rotatable bonds is 7. The summed E-state index contributed by atoms with van der Waals surface area (Å²) >= 11 is 4.51. The van der Waals surface area contributed by atoms with Crippen LogP contribution in [-0.2, 0) is 11.3 Å². The minimum Gasteiger partial charge on any atom is -0.302 e. The Bertz CT molecular complexity index is 1050. The van der Waals surface area contributed by atoms with Crippen LogP contribution >= 0.6 is 34.4 Å². The summed E-state index contributed by atoms with van der Waals surface area (Å²) in [5, 5.41) is 18.1. The Kier molecular flexibility index (Phi) is 5.51. The van der Waals surface area contributed by atoms with Crippen LogP contribution in [0.3, 0.4) is 0 Å². The van der Waals surface area contributed by atoms with Crippen LogP contribution in [0.25, 0.3) is 21.5 Å². The Balaban J connectivity index is 1.56. The standard InChI is InChI=1S/C18H17N5OS3/c1-2-8-23-16(13-10-26-14-6-4-3-5-12(13)14)21-22-18(23)27-11-15(24)20-17-19-7-9-25-17/h3-7,9-10H,2,8,11H2,1H3,(H,19,20,24). The zero-order valence-electron chi connectivity index (χ0n) is 14.6. The van der Waals surface area contributed by atoms with Gasteiger partial charge in [-0.25, -0.2) is 4.98 Å². The van der Waals surface area contributed by atoms with Crippen LogP contribution in [-0.4, -0.2) is 31.4 Å². The highest BCUT2D eigenvalue weighted by Crippen LogP contribution is 2.34. The van der Waals surface area contributed by atoms with Gasteiger partial charge in [0.15, 0.2) is 16.1 Å². The largest absolute Gasteiger partial charge is 0.302 e. The third-order valence-corrected chi connectivity index (χ3v) is 6.52. The molecular weight excluding hydrogens is 398 g/mol. The zero-order chi connectivity index (χ0) is 18.6. The van der Waals surface area contributed by atoms with Gasteiger partial charge in [-0.15, -0.1) is 32.9 Å². The lowest BCUT2D eigenvalue weighted by molar-refractivity contribution is -0.113. The summed E-state index contributed by atoms with van der Waals surface area (Å²) in [7, 11) is 0. The van der Waals surface area contributed by atoms with Gasteiger partial charge in [0.2, 0.25) is 5.91 Å². The molecule has 4 aromatic rings. The molecule has 1 amide bonds. The number of benzene rings is 1. The molecule has 1 N–H and O–H groups in total. The first-order valence-corrected chi connectivity index (χ1v) is 11.2. The molecule has 27 heavy (non-hydrogen) atoms. The molecule has 0 aliphatic carbocycles. The maximum Gasteiger partial charge on any atom is 0.236 e. The Labute approximate surface area is 168 Å². The molecule has 0 unspecified atom stereocenters. The number of nitrogens with one attached hydrogen (secondary N) is 1. The van der Waals surface area contributed by atoms with Crippen molar-refractivity contribution >= 4 is 55.6 Å². The monoisotopic (exact) mass is 415 g/mol. The predicted octanol–water partition coefficient (Wildman–Crippen LogP) is 4.76. The second kappa shape index (κ2) is 8.20. The van der Waals surface area contributed by atoms with Crippen molar-refractivity contribution < 1.29 is 4.79 Å². The molecule has 4 rings (SSSR count). The van der Waals surface area contributed by atoms with E-state index in [9.17, 15) is 4.79 Å². The van der Waals surface area contributed by atoms with E-state index in [4.69, 9.17) is 0 Å². The number of nitrogens with zero attached hydrogens (tertiary/aromatic N) is 4. The van der Waals surface area contributed by atoms with Crippen molar-refractivity contribution in [1.29, 1.82) is 0 Å². The molecule has 0 bridgehead atoms. The van der Waals surface area contributed by atoms with Crippen molar-refractivity contribution in [3.63, 3.8) is 0 Å². The number of fused-ring (bicyclic) bond motifs is 1. The lowest BCUT2D eigenvalue weighted by Gasteiger charge is -2.08. The van der Waals surface area contributed by atoms with Crippen molar-refractivity contribution in [1.82, 2.24) is 19.7 Å². The van der Waals surface area contributed by atoms with E-state index in [0.717, 1.165) is 29.5 Å². The fourth-order valence-electron chi connectivity index (χ4n) is 2.74. The molecule has 6 nitrogen and oxygen atoms in total. The number of thiazole rings is 1. The van der Waals surface area contributed by atoms with Gasteiger partial charge in [0.25, 0.3) is 0 Å². The summed E-state index contributed by atoms with van der Waals surface area (Å²) in [6.45, 7) is 2.93. The summed E-state index contributed by atoms with van der Waals surface area (Å²) in [5.74, 6) is 1.03. The average Bonchev–Trinajstić information content (AvgIpc) is 3.40. The van der Waals surface area contributed by atoms with Gasteiger partial charge in [-0.3, -0.25) is 4.79 Å². The molecule has 0 saturated carbocycles. The van der Waals surface area contributed by atoms with Crippen LogP contribution in [0.1, 0.15) is 13.3 Å². The number of hydrogen-bond donors (Lipinski definition) is 1. The molecule has 0 spiro atoms. The van der Waals surface area contributed by atoms with E-state index in [0.29, 0.717) is 5.13 Å². The van der Waals surface area contributed by atoms with Crippen molar-refractivity contribution in [3.8, 4) is 11.4 Å². The van der Waals surface area contributed by atoms with Crippen molar-refractivity contribution in [2.24, 2.45) is 0 Å². The van der Waals surface area contributed by atoms with E-state index in [1.54, 1.807) is 17.5 Å². The summed E-state index contributed by atoms with van der Waals surface area (Å²) in [5.41, 5.74) is 1.09. The molecule has 0 radical (unpaired) electrons. The number of carbonyl (C=O) groups excluding carboxylic acids is 1. The second-order valence-electron chi connectivity index (χ2n) is 5.78. The number of aromatic nitrogens is 4. The van der Waals surface area contributed by atoms with Gasteiger partial charge in [-0.05, 0) is 12.5 Å². The summed E-state index contributed by atoms with van der Waals surface area (Å²) in [6.07, 6.45) is 2.63. The summed E-state index contributed by atoms with van der Waals surface area (Å²) < 4.78 is 3.34. The third kappa shape index (κ3) is 3.90. The van der Waals surface area contributed by atoms with E-state index < -0.39 is 0 Å². The van der Waals surface area contributed by atoms with Crippen LogP contribution in [0.5, 0.6) is 0 Å². The number of thioether (sulfide) groups is 1. The topological polar surface area (TPSA) is 72.7 Å².